The lowest BCUT2D eigenvalue weighted by atomic mass is 9.84. The molecule has 3 aromatic rings. The molecule has 4 rings (SSSR count). The maximum absolute atomic E-state index is 6.31. The van der Waals surface area contributed by atoms with Crippen molar-refractivity contribution in [2.24, 2.45) is 0 Å². The number of nitrogens with two attached hydrogens (primary N) is 1. The summed E-state index contributed by atoms with van der Waals surface area (Å²) < 4.78 is 1.72. The molecule has 4 heteroatoms. The van der Waals surface area contributed by atoms with Crippen molar-refractivity contribution in [1.29, 1.82) is 0 Å². The van der Waals surface area contributed by atoms with Crippen molar-refractivity contribution in [3.05, 3.63) is 47.8 Å². The van der Waals surface area contributed by atoms with E-state index in [0.717, 1.165) is 28.4 Å². The molecule has 0 spiro atoms. The van der Waals surface area contributed by atoms with Crippen LogP contribution in [0, 0.1) is 6.92 Å². The van der Waals surface area contributed by atoms with Crippen LogP contribution in [0.4, 0.5) is 5.82 Å². The molecule has 0 saturated heterocycles. The fraction of sp³-hybridized carbons (Fsp3) is 0.368. The van der Waals surface area contributed by atoms with Gasteiger partial charge < -0.3 is 5.73 Å². The van der Waals surface area contributed by atoms with Crippen LogP contribution in [-0.2, 0) is 0 Å². The third-order valence-corrected chi connectivity index (χ3v) is 4.94. The van der Waals surface area contributed by atoms with E-state index in [1.165, 1.54) is 37.7 Å². The van der Waals surface area contributed by atoms with Crippen molar-refractivity contribution in [3.63, 3.8) is 0 Å². The average Bonchev–Trinajstić information content (AvgIpc) is 2.98. The van der Waals surface area contributed by atoms with Gasteiger partial charge in [0, 0.05) is 17.8 Å². The van der Waals surface area contributed by atoms with Gasteiger partial charge in [-0.05, 0) is 36.8 Å². The number of fused-ring (bicyclic) bond motifs is 1. The predicted molar refractivity (Wildman–Crippen MR) is 93.4 cm³/mol. The van der Waals surface area contributed by atoms with E-state index in [0.29, 0.717) is 5.82 Å². The lowest BCUT2D eigenvalue weighted by molar-refractivity contribution is 0.443. The molecule has 0 amide bonds. The fourth-order valence-corrected chi connectivity index (χ4v) is 3.66. The zero-order chi connectivity index (χ0) is 15.8. The first-order valence-corrected chi connectivity index (χ1v) is 8.43. The Morgan fingerprint density at radius 1 is 1.09 bits per heavy atom. The summed E-state index contributed by atoms with van der Waals surface area (Å²) in [6.07, 6.45) is 8.60. The van der Waals surface area contributed by atoms with Crippen LogP contribution in [0.15, 0.2) is 36.5 Å². The Labute approximate surface area is 136 Å². The van der Waals surface area contributed by atoms with Gasteiger partial charge in [-0.1, -0.05) is 43.5 Å². The highest BCUT2D eigenvalue weighted by Crippen LogP contribution is 2.34. The first-order valence-electron chi connectivity index (χ1n) is 8.43. The molecule has 23 heavy (non-hydrogen) atoms. The Balaban J connectivity index is 1.68. The van der Waals surface area contributed by atoms with Gasteiger partial charge in [-0.2, -0.15) is 9.61 Å². The summed E-state index contributed by atoms with van der Waals surface area (Å²) in [5.41, 5.74) is 11.5. The Morgan fingerprint density at radius 2 is 1.83 bits per heavy atom. The normalized spacial score (nSPS) is 16.0. The Bertz CT molecular complexity index is 826. The van der Waals surface area contributed by atoms with E-state index in [1.807, 2.05) is 19.2 Å². The summed E-state index contributed by atoms with van der Waals surface area (Å²) in [4.78, 5) is 4.47. The molecule has 0 aliphatic heterocycles. The van der Waals surface area contributed by atoms with Crippen LogP contribution in [0.5, 0.6) is 0 Å². The lowest BCUT2D eigenvalue weighted by Gasteiger charge is -2.22. The molecular formula is C19H22N4. The second-order valence-corrected chi connectivity index (χ2v) is 6.57. The maximum Gasteiger partial charge on any atom is 0.157 e. The number of nitrogens with zero attached hydrogens (tertiary/aromatic N) is 3. The number of rotatable bonds is 2. The molecule has 1 saturated carbocycles. The highest BCUT2D eigenvalue weighted by molar-refractivity contribution is 5.75. The van der Waals surface area contributed by atoms with E-state index < -0.39 is 0 Å². The second-order valence-electron chi connectivity index (χ2n) is 6.57. The van der Waals surface area contributed by atoms with E-state index in [4.69, 9.17) is 5.73 Å². The molecule has 118 valence electrons. The smallest absolute Gasteiger partial charge is 0.157 e. The van der Waals surface area contributed by atoms with Crippen LogP contribution < -0.4 is 5.73 Å². The van der Waals surface area contributed by atoms with Gasteiger partial charge in [-0.15, -0.1) is 0 Å². The van der Waals surface area contributed by atoms with E-state index in [1.54, 1.807) is 4.52 Å². The van der Waals surface area contributed by atoms with Gasteiger partial charge in [0.1, 0.15) is 5.82 Å². The summed E-state index contributed by atoms with van der Waals surface area (Å²) in [5.74, 6) is 1.37. The standard InChI is InChI=1S/C19H22N4/c1-13-11-18-21-12-17(19(20)23(18)22-13)16-9-7-15(8-10-16)14-5-3-2-4-6-14/h7-12,14H,2-6,20H2,1H3. The van der Waals surface area contributed by atoms with Gasteiger partial charge >= 0.3 is 0 Å². The maximum atomic E-state index is 6.31. The van der Waals surface area contributed by atoms with Crippen LogP contribution in [0.1, 0.15) is 49.3 Å². The fourth-order valence-electron chi connectivity index (χ4n) is 3.66. The van der Waals surface area contributed by atoms with Gasteiger partial charge in [0.05, 0.1) is 5.69 Å². The second kappa shape index (κ2) is 5.69. The highest BCUT2D eigenvalue weighted by Gasteiger charge is 2.16. The van der Waals surface area contributed by atoms with Crippen molar-refractivity contribution < 1.29 is 0 Å². The van der Waals surface area contributed by atoms with Crippen LogP contribution in [0.25, 0.3) is 16.8 Å². The summed E-state index contributed by atoms with van der Waals surface area (Å²) >= 11 is 0. The molecule has 0 atom stereocenters. The van der Waals surface area contributed by atoms with Gasteiger partial charge in [-0.25, -0.2) is 4.98 Å². The molecule has 0 radical (unpaired) electrons. The number of aromatic nitrogens is 3. The Morgan fingerprint density at radius 3 is 2.57 bits per heavy atom. The minimum Gasteiger partial charge on any atom is -0.383 e. The summed E-state index contributed by atoms with van der Waals surface area (Å²) in [6, 6.07) is 10.8. The largest absolute Gasteiger partial charge is 0.383 e. The van der Waals surface area contributed by atoms with Crippen LogP contribution >= 0.6 is 0 Å². The number of anilines is 1. The van der Waals surface area contributed by atoms with Gasteiger partial charge in [0.15, 0.2) is 5.65 Å². The molecule has 1 aliphatic rings. The molecule has 4 nitrogen and oxygen atoms in total. The molecule has 1 aliphatic carbocycles. The number of nitrogen functional groups attached to an aromatic ring is 1. The van der Waals surface area contributed by atoms with Crippen LogP contribution in [-0.4, -0.2) is 14.6 Å². The van der Waals surface area contributed by atoms with Crippen LogP contribution in [0.2, 0.25) is 0 Å². The minimum absolute atomic E-state index is 0.647. The third kappa shape index (κ3) is 2.58. The van der Waals surface area contributed by atoms with E-state index in [9.17, 15) is 0 Å². The Hall–Kier alpha value is -2.36. The van der Waals surface area contributed by atoms with Gasteiger partial charge in [-0.3, -0.25) is 0 Å². The van der Waals surface area contributed by atoms with E-state index in [-0.39, 0.29) is 0 Å². The predicted octanol–water partition coefficient (Wildman–Crippen LogP) is 4.33. The first-order chi connectivity index (χ1) is 11.2. The van der Waals surface area contributed by atoms with Gasteiger partial charge in [0.2, 0.25) is 0 Å². The monoisotopic (exact) mass is 306 g/mol. The molecule has 1 aromatic carbocycles. The zero-order valence-corrected chi connectivity index (χ0v) is 13.5. The quantitative estimate of drug-likeness (QED) is 0.766. The molecule has 2 N–H and O–H groups in total. The minimum atomic E-state index is 0.647. The first kappa shape index (κ1) is 14.2. The topological polar surface area (TPSA) is 56.2 Å². The summed E-state index contributed by atoms with van der Waals surface area (Å²) in [6.45, 7) is 1.95. The van der Waals surface area contributed by atoms with Crippen molar-refractivity contribution in [2.45, 2.75) is 44.9 Å². The van der Waals surface area contributed by atoms with E-state index >= 15 is 0 Å². The molecule has 2 aromatic heterocycles. The number of hydrogen-bond donors (Lipinski definition) is 1. The summed E-state index contributed by atoms with van der Waals surface area (Å²) in [5, 5.41) is 4.42. The van der Waals surface area contributed by atoms with Crippen molar-refractivity contribution in [2.75, 3.05) is 5.73 Å². The average molecular weight is 306 g/mol. The molecule has 2 heterocycles. The number of aryl methyl sites for hydroxylation is 1. The van der Waals surface area contributed by atoms with E-state index in [2.05, 4.69) is 34.3 Å². The highest BCUT2D eigenvalue weighted by atomic mass is 15.3. The third-order valence-electron chi connectivity index (χ3n) is 4.94. The number of benzene rings is 1. The van der Waals surface area contributed by atoms with Crippen LogP contribution in [0.3, 0.4) is 0 Å². The van der Waals surface area contributed by atoms with Crippen molar-refractivity contribution in [3.8, 4) is 11.1 Å². The molecule has 0 bridgehead atoms. The molecule has 1 fully saturated rings. The van der Waals surface area contributed by atoms with Crippen molar-refractivity contribution >= 4 is 11.5 Å². The lowest BCUT2D eigenvalue weighted by Crippen LogP contribution is -2.05. The number of hydrogen-bond acceptors (Lipinski definition) is 3. The SMILES string of the molecule is Cc1cc2ncc(-c3ccc(C4CCCCC4)cc3)c(N)n2n1. The molecule has 0 unspecified atom stereocenters. The Kier molecular flexibility index (Phi) is 3.52. The summed E-state index contributed by atoms with van der Waals surface area (Å²) in [7, 11) is 0. The van der Waals surface area contributed by atoms with Crippen molar-refractivity contribution in [1.82, 2.24) is 14.6 Å². The zero-order valence-electron chi connectivity index (χ0n) is 13.5. The van der Waals surface area contributed by atoms with Gasteiger partial charge in [0.25, 0.3) is 0 Å². The molecular weight excluding hydrogens is 284 g/mol.